The van der Waals surface area contributed by atoms with Gasteiger partial charge in [-0.05, 0) is 38.0 Å². The molecule has 1 atom stereocenters. The van der Waals surface area contributed by atoms with E-state index in [-0.39, 0.29) is 17.3 Å². The molecule has 0 aliphatic carbocycles. The highest BCUT2D eigenvalue weighted by Crippen LogP contribution is 2.20. The highest BCUT2D eigenvalue weighted by molar-refractivity contribution is 7.89. The first kappa shape index (κ1) is 20.8. The summed E-state index contributed by atoms with van der Waals surface area (Å²) < 4.78 is 39.3. The van der Waals surface area contributed by atoms with Crippen LogP contribution in [0.4, 0.5) is 0 Å². The van der Waals surface area contributed by atoms with Crippen LogP contribution in [0.3, 0.4) is 0 Å². The Morgan fingerprint density at radius 1 is 1.22 bits per heavy atom. The van der Waals surface area contributed by atoms with Gasteiger partial charge >= 0.3 is 12.0 Å². The summed E-state index contributed by atoms with van der Waals surface area (Å²) in [6, 6.07) is 6.11. The molecular weight excluding hydrogens is 372 g/mol. The van der Waals surface area contributed by atoms with Gasteiger partial charge in [0.05, 0.1) is 25.2 Å². The van der Waals surface area contributed by atoms with Gasteiger partial charge in [0.2, 0.25) is 10.0 Å². The van der Waals surface area contributed by atoms with Gasteiger partial charge in [0, 0.05) is 13.0 Å². The third-order valence-electron chi connectivity index (χ3n) is 4.04. The first-order valence-electron chi connectivity index (χ1n) is 8.47. The molecule has 1 aromatic heterocycles. The number of ether oxygens (including phenoxy) is 2. The summed E-state index contributed by atoms with van der Waals surface area (Å²) in [5.74, 6) is 0.158. The number of carbonyl (C=O) groups is 1. The Hall–Kier alpha value is -2.46. The smallest absolute Gasteiger partial charge is 0.316 e. The van der Waals surface area contributed by atoms with Crippen molar-refractivity contribution in [3.63, 3.8) is 0 Å². The van der Waals surface area contributed by atoms with Crippen LogP contribution in [0, 0.1) is 0 Å². The number of sulfonamides is 1. The van der Waals surface area contributed by atoms with Gasteiger partial charge in [-0.2, -0.15) is 0 Å². The minimum absolute atomic E-state index is 0.130. The number of esters is 1. The van der Waals surface area contributed by atoms with Crippen molar-refractivity contribution in [2.75, 3.05) is 14.2 Å². The number of aromatic nitrogens is 3. The van der Waals surface area contributed by atoms with Crippen LogP contribution < -0.4 is 9.46 Å². The number of rotatable bonds is 9. The van der Waals surface area contributed by atoms with Crippen molar-refractivity contribution >= 4 is 16.0 Å². The number of nitrogens with one attached hydrogen (secondary N) is 1. The van der Waals surface area contributed by atoms with E-state index in [2.05, 4.69) is 19.7 Å². The van der Waals surface area contributed by atoms with Crippen LogP contribution in [0.1, 0.15) is 37.7 Å². The molecule has 0 spiro atoms. The molecule has 1 aromatic carbocycles. The van der Waals surface area contributed by atoms with E-state index < -0.39 is 16.1 Å². The molecule has 0 aliphatic rings. The van der Waals surface area contributed by atoms with Crippen molar-refractivity contribution in [3.05, 3.63) is 35.7 Å². The van der Waals surface area contributed by atoms with Crippen LogP contribution in [0.2, 0.25) is 0 Å². The molecule has 0 saturated carbocycles. The number of methoxy groups -OCH3 is 2. The average Bonchev–Trinajstić information content (AvgIpc) is 3.09. The number of hydrogen-bond acceptors (Lipinski definition) is 7. The predicted octanol–water partition coefficient (Wildman–Crippen LogP) is 1.45. The standard InChI is InChI=1S/C17H24N4O5S/c1-5-21-16(18-19-17(21)26-4)12(2)20-27(23,24)14-9-6-13(7-10-14)8-11-15(22)25-3/h6-7,9-10,12,20H,5,8,11H2,1-4H3/t12-/m1/s1. The second-order valence-electron chi connectivity index (χ2n) is 5.85. The molecule has 0 amide bonds. The number of aryl methyl sites for hydroxylation is 1. The molecule has 9 nitrogen and oxygen atoms in total. The Bertz CT molecular complexity index is 877. The largest absolute Gasteiger partial charge is 0.469 e. The van der Waals surface area contributed by atoms with E-state index in [9.17, 15) is 13.2 Å². The molecule has 1 heterocycles. The number of benzene rings is 1. The summed E-state index contributed by atoms with van der Waals surface area (Å²) in [5.41, 5.74) is 0.850. The fraction of sp³-hybridized carbons (Fsp3) is 0.471. The SMILES string of the molecule is CCn1c(OC)nnc1[C@@H](C)NS(=O)(=O)c1ccc(CCC(=O)OC)cc1. The highest BCUT2D eigenvalue weighted by atomic mass is 32.2. The van der Waals surface area contributed by atoms with Gasteiger partial charge in [-0.25, -0.2) is 13.1 Å². The van der Waals surface area contributed by atoms with Crippen molar-refractivity contribution in [1.82, 2.24) is 19.5 Å². The Morgan fingerprint density at radius 2 is 1.89 bits per heavy atom. The quantitative estimate of drug-likeness (QED) is 0.638. The molecule has 27 heavy (non-hydrogen) atoms. The van der Waals surface area contributed by atoms with Crippen LogP contribution in [-0.4, -0.2) is 43.4 Å². The molecule has 0 unspecified atom stereocenters. The molecule has 2 rings (SSSR count). The lowest BCUT2D eigenvalue weighted by molar-refractivity contribution is -0.140. The van der Waals surface area contributed by atoms with Gasteiger partial charge in [0.1, 0.15) is 0 Å². The van der Waals surface area contributed by atoms with Crippen LogP contribution in [0.5, 0.6) is 6.01 Å². The zero-order valence-corrected chi connectivity index (χ0v) is 16.6. The summed E-state index contributed by atoms with van der Waals surface area (Å²) in [6.45, 7) is 4.13. The van der Waals surface area contributed by atoms with Crippen LogP contribution in [-0.2, 0) is 32.5 Å². The Morgan fingerprint density at radius 3 is 2.44 bits per heavy atom. The zero-order valence-electron chi connectivity index (χ0n) is 15.8. The van der Waals surface area contributed by atoms with Gasteiger partial charge in [-0.1, -0.05) is 17.2 Å². The average molecular weight is 396 g/mol. The Balaban J connectivity index is 2.11. The summed E-state index contributed by atoms with van der Waals surface area (Å²) in [6.07, 6.45) is 0.725. The lowest BCUT2D eigenvalue weighted by Gasteiger charge is -2.15. The first-order valence-corrected chi connectivity index (χ1v) is 9.95. The molecule has 2 aromatic rings. The molecule has 0 radical (unpaired) electrons. The molecule has 0 aliphatic heterocycles. The maximum Gasteiger partial charge on any atom is 0.316 e. The first-order chi connectivity index (χ1) is 12.8. The third-order valence-corrected chi connectivity index (χ3v) is 5.60. The molecule has 1 N–H and O–H groups in total. The molecule has 0 saturated heterocycles. The lowest BCUT2D eigenvalue weighted by atomic mass is 10.1. The van der Waals surface area contributed by atoms with Crippen molar-refractivity contribution in [2.45, 2.75) is 44.2 Å². The van der Waals surface area contributed by atoms with E-state index >= 15 is 0 Å². The maximum absolute atomic E-state index is 12.6. The summed E-state index contributed by atoms with van der Waals surface area (Å²) >= 11 is 0. The fourth-order valence-electron chi connectivity index (χ4n) is 2.61. The van der Waals surface area contributed by atoms with E-state index in [0.717, 1.165) is 5.56 Å². The molecule has 10 heteroatoms. The normalized spacial score (nSPS) is 12.6. The van der Waals surface area contributed by atoms with E-state index in [1.54, 1.807) is 23.6 Å². The van der Waals surface area contributed by atoms with Crippen LogP contribution >= 0.6 is 0 Å². The highest BCUT2D eigenvalue weighted by Gasteiger charge is 2.23. The lowest BCUT2D eigenvalue weighted by Crippen LogP contribution is -2.29. The monoisotopic (exact) mass is 396 g/mol. The van der Waals surface area contributed by atoms with Crippen molar-refractivity contribution in [3.8, 4) is 6.01 Å². The maximum atomic E-state index is 12.6. The third kappa shape index (κ3) is 5.04. The van der Waals surface area contributed by atoms with E-state index in [1.165, 1.54) is 26.4 Å². The minimum Gasteiger partial charge on any atom is -0.469 e. The van der Waals surface area contributed by atoms with Crippen molar-refractivity contribution < 1.29 is 22.7 Å². The Kier molecular flexibility index (Phi) is 6.92. The fourth-order valence-corrected chi connectivity index (χ4v) is 3.81. The summed E-state index contributed by atoms with van der Waals surface area (Å²) in [4.78, 5) is 11.3. The molecular formula is C17H24N4O5S. The van der Waals surface area contributed by atoms with Gasteiger partial charge < -0.3 is 9.47 Å². The topological polar surface area (TPSA) is 112 Å². The molecule has 0 fully saturated rings. The zero-order chi connectivity index (χ0) is 20.0. The molecule has 0 bridgehead atoms. The van der Waals surface area contributed by atoms with E-state index in [1.807, 2.05) is 6.92 Å². The second kappa shape index (κ2) is 8.96. The number of hydrogen-bond donors (Lipinski definition) is 1. The van der Waals surface area contributed by atoms with Gasteiger partial charge in [-0.3, -0.25) is 9.36 Å². The Labute approximate surface area is 158 Å². The van der Waals surface area contributed by atoms with Gasteiger partial charge in [-0.15, -0.1) is 5.10 Å². The number of carbonyl (C=O) groups excluding carboxylic acids is 1. The molecule has 148 valence electrons. The van der Waals surface area contributed by atoms with E-state index in [4.69, 9.17) is 4.74 Å². The van der Waals surface area contributed by atoms with Crippen LogP contribution in [0.15, 0.2) is 29.2 Å². The van der Waals surface area contributed by atoms with Crippen molar-refractivity contribution in [2.24, 2.45) is 0 Å². The van der Waals surface area contributed by atoms with Crippen LogP contribution in [0.25, 0.3) is 0 Å². The van der Waals surface area contributed by atoms with E-state index in [0.29, 0.717) is 24.8 Å². The summed E-state index contributed by atoms with van der Waals surface area (Å²) in [7, 11) is -0.931. The number of nitrogens with zero attached hydrogens (tertiary/aromatic N) is 3. The van der Waals surface area contributed by atoms with Gasteiger partial charge in [0.25, 0.3) is 0 Å². The minimum atomic E-state index is -3.75. The second-order valence-corrected chi connectivity index (χ2v) is 7.57. The summed E-state index contributed by atoms with van der Waals surface area (Å²) in [5, 5.41) is 7.92. The predicted molar refractivity (Wildman–Crippen MR) is 97.8 cm³/mol. The van der Waals surface area contributed by atoms with Crippen molar-refractivity contribution in [1.29, 1.82) is 0 Å². The van der Waals surface area contributed by atoms with Gasteiger partial charge in [0.15, 0.2) is 5.82 Å².